The smallest absolute Gasteiger partial charge is 0.0761 e. The molecule has 2 rings (SSSR count). The van der Waals surface area contributed by atoms with Gasteiger partial charge < -0.3 is 10.3 Å². The maximum Gasteiger partial charge on any atom is 0.0761 e. The van der Waals surface area contributed by atoms with Gasteiger partial charge in [-0.2, -0.15) is 0 Å². The third-order valence-electron chi connectivity index (χ3n) is 2.98. The molecule has 1 aromatic rings. The van der Waals surface area contributed by atoms with Crippen molar-refractivity contribution in [2.75, 3.05) is 0 Å². The summed E-state index contributed by atoms with van der Waals surface area (Å²) in [6.45, 7) is 4.54. The third kappa shape index (κ3) is 1.82. The fourth-order valence-electron chi connectivity index (χ4n) is 2.02. The predicted molar refractivity (Wildman–Crippen MR) is 62.4 cm³/mol. The van der Waals surface area contributed by atoms with Crippen LogP contribution in [0.3, 0.4) is 0 Å². The summed E-state index contributed by atoms with van der Waals surface area (Å²) in [5, 5.41) is 3.39. The first-order chi connectivity index (χ1) is 6.58. The van der Waals surface area contributed by atoms with Crippen molar-refractivity contribution in [1.29, 1.82) is 0 Å². The van der Waals surface area contributed by atoms with Crippen LogP contribution in [0.2, 0.25) is 0 Å². The Morgan fingerprint density at radius 1 is 1.57 bits per heavy atom. The number of hydrogen-bond donors (Lipinski definition) is 2. The molecular weight excluding hydrogens is 192 g/mol. The van der Waals surface area contributed by atoms with Crippen molar-refractivity contribution in [3.63, 3.8) is 0 Å². The second-order valence-electron chi connectivity index (χ2n) is 4.68. The molecule has 0 radical (unpaired) electrons. The molecule has 2 nitrogen and oxygen atoms in total. The Kier molecular flexibility index (Phi) is 2.35. The summed E-state index contributed by atoms with van der Waals surface area (Å²) in [4.78, 5) is 4.24. The van der Waals surface area contributed by atoms with Gasteiger partial charge in [-0.1, -0.05) is 26.1 Å². The average molecular weight is 208 g/mol. The SMILES string of the molecule is CC1(C)CC(=S)NC1Cc1ccc[nH]1. The monoisotopic (exact) mass is 208 g/mol. The zero-order valence-electron chi connectivity index (χ0n) is 8.63. The standard InChI is InChI=1S/C11H16N2S/c1-11(2)7-10(14)13-9(11)6-8-4-3-5-12-8/h3-5,9,12H,6-7H2,1-2H3,(H,13,14). The molecule has 1 atom stereocenters. The van der Waals surface area contributed by atoms with Crippen molar-refractivity contribution in [2.45, 2.75) is 32.7 Å². The Morgan fingerprint density at radius 2 is 2.36 bits per heavy atom. The second-order valence-corrected chi connectivity index (χ2v) is 5.18. The van der Waals surface area contributed by atoms with Crippen LogP contribution in [0.1, 0.15) is 26.0 Å². The van der Waals surface area contributed by atoms with E-state index in [-0.39, 0.29) is 5.41 Å². The first-order valence-electron chi connectivity index (χ1n) is 4.99. The Bertz CT molecular complexity index is 327. The van der Waals surface area contributed by atoms with E-state index in [4.69, 9.17) is 12.2 Å². The van der Waals surface area contributed by atoms with Crippen LogP contribution in [-0.4, -0.2) is 16.0 Å². The average Bonchev–Trinajstić information content (AvgIpc) is 2.61. The molecule has 2 N–H and O–H groups in total. The summed E-state index contributed by atoms with van der Waals surface area (Å²) < 4.78 is 0. The van der Waals surface area contributed by atoms with Crippen molar-refractivity contribution in [1.82, 2.24) is 10.3 Å². The third-order valence-corrected chi connectivity index (χ3v) is 3.24. The summed E-state index contributed by atoms with van der Waals surface area (Å²) in [7, 11) is 0. The van der Waals surface area contributed by atoms with Gasteiger partial charge in [0.1, 0.15) is 0 Å². The molecule has 2 heterocycles. The highest BCUT2D eigenvalue weighted by molar-refractivity contribution is 7.80. The molecule has 0 aliphatic carbocycles. The molecule has 1 aliphatic rings. The van der Waals surface area contributed by atoms with E-state index in [2.05, 4.69) is 30.2 Å². The molecule has 76 valence electrons. The summed E-state index contributed by atoms with van der Waals surface area (Å²) in [6, 6.07) is 4.63. The fourth-order valence-corrected chi connectivity index (χ4v) is 2.53. The molecule has 0 amide bonds. The number of thiocarbonyl (C=S) groups is 1. The van der Waals surface area contributed by atoms with Crippen LogP contribution < -0.4 is 5.32 Å². The molecule has 1 aromatic heterocycles. The Balaban J connectivity index is 2.08. The van der Waals surface area contributed by atoms with Crippen LogP contribution in [0.25, 0.3) is 0 Å². The summed E-state index contributed by atoms with van der Waals surface area (Å²) in [5.41, 5.74) is 1.56. The van der Waals surface area contributed by atoms with Gasteiger partial charge in [0.15, 0.2) is 0 Å². The lowest BCUT2D eigenvalue weighted by Crippen LogP contribution is -2.35. The van der Waals surface area contributed by atoms with Crippen LogP contribution >= 0.6 is 12.2 Å². The zero-order chi connectivity index (χ0) is 10.2. The van der Waals surface area contributed by atoms with Crippen LogP contribution in [-0.2, 0) is 6.42 Å². The number of rotatable bonds is 2. The van der Waals surface area contributed by atoms with E-state index in [0.717, 1.165) is 17.8 Å². The van der Waals surface area contributed by atoms with Gasteiger partial charge in [-0.15, -0.1) is 0 Å². The summed E-state index contributed by atoms with van der Waals surface area (Å²) in [5.74, 6) is 0. The van der Waals surface area contributed by atoms with Gasteiger partial charge >= 0.3 is 0 Å². The van der Waals surface area contributed by atoms with Gasteiger partial charge in [-0.25, -0.2) is 0 Å². The van der Waals surface area contributed by atoms with Gasteiger partial charge in [0.25, 0.3) is 0 Å². The first kappa shape index (κ1) is 9.71. The van der Waals surface area contributed by atoms with E-state index in [1.54, 1.807) is 0 Å². The van der Waals surface area contributed by atoms with Gasteiger partial charge in [0.2, 0.25) is 0 Å². The molecule has 1 aliphatic heterocycles. The molecule has 0 spiro atoms. The van der Waals surface area contributed by atoms with Gasteiger partial charge in [-0.05, 0) is 17.5 Å². The molecule has 0 saturated carbocycles. The molecular formula is C11H16N2S. The molecule has 0 bridgehead atoms. The quantitative estimate of drug-likeness (QED) is 0.730. The van der Waals surface area contributed by atoms with Crippen molar-refractivity contribution in [3.8, 4) is 0 Å². The van der Waals surface area contributed by atoms with Crippen molar-refractivity contribution < 1.29 is 0 Å². The summed E-state index contributed by atoms with van der Waals surface area (Å²) >= 11 is 5.22. The van der Waals surface area contributed by atoms with Gasteiger partial charge in [0.05, 0.1) is 4.99 Å². The number of hydrogen-bond acceptors (Lipinski definition) is 1. The number of aromatic nitrogens is 1. The Hall–Kier alpha value is -0.830. The lowest BCUT2D eigenvalue weighted by Gasteiger charge is -2.25. The highest BCUT2D eigenvalue weighted by Gasteiger charge is 2.37. The fraction of sp³-hybridized carbons (Fsp3) is 0.545. The zero-order valence-corrected chi connectivity index (χ0v) is 9.45. The lowest BCUT2D eigenvalue weighted by atomic mass is 9.83. The topological polar surface area (TPSA) is 27.8 Å². The Labute approximate surface area is 90.1 Å². The minimum atomic E-state index is 0.280. The highest BCUT2D eigenvalue weighted by Crippen LogP contribution is 2.32. The number of aromatic amines is 1. The Morgan fingerprint density at radius 3 is 2.86 bits per heavy atom. The minimum absolute atomic E-state index is 0.280. The maximum atomic E-state index is 5.22. The molecule has 1 fully saturated rings. The van der Waals surface area contributed by atoms with Crippen LogP contribution in [0.5, 0.6) is 0 Å². The van der Waals surface area contributed by atoms with Crippen LogP contribution in [0.4, 0.5) is 0 Å². The highest BCUT2D eigenvalue weighted by atomic mass is 32.1. The normalized spacial score (nSPS) is 25.0. The summed E-state index contributed by atoms with van der Waals surface area (Å²) in [6.07, 6.45) is 4.00. The van der Waals surface area contributed by atoms with E-state index in [9.17, 15) is 0 Å². The van der Waals surface area contributed by atoms with E-state index in [0.29, 0.717) is 6.04 Å². The van der Waals surface area contributed by atoms with Gasteiger partial charge in [0, 0.05) is 30.8 Å². The van der Waals surface area contributed by atoms with E-state index < -0.39 is 0 Å². The molecule has 0 aromatic carbocycles. The first-order valence-corrected chi connectivity index (χ1v) is 5.40. The molecule has 1 unspecified atom stereocenters. The van der Waals surface area contributed by atoms with E-state index in [1.807, 2.05) is 12.3 Å². The maximum absolute atomic E-state index is 5.22. The number of nitrogens with one attached hydrogen (secondary N) is 2. The van der Waals surface area contributed by atoms with Crippen molar-refractivity contribution >= 4 is 17.2 Å². The number of H-pyrrole nitrogens is 1. The lowest BCUT2D eigenvalue weighted by molar-refractivity contribution is 0.311. The van der Waals surface area contributed by atoms with Crippen molar-refractivity contribution in [2.24, 2.45) is 5.41 Å². The van der Waals surface area contributed by atoms with Crippen molar-refractivity contribution in [3.05, 3.63) is 24.0 Å². The molecule has 14 heavy (non-hydrogen) atoms. The second kappa shape index (κ2) is 3.39. The minimum Gasteiger partial charge on any atom is -0.376 e. The van der Waals surface area contributed by atoms with E-state index >= 15 is 0 Å². The van der Waals surface area contributed by atoms with Gasteiger partial charge in [-0.3, -0.25) is 0 Å². The largest absolute Gasteiger partial charge is 0.376 e. The molecule has 1 saturated heterocycles. The predicted octanol–water partition coefficient (Wildman–Crippen LogP) is 2.27. The van der Waals surface area contributed by atoms with E-state index in [1.165, 1.54) is 5.69 Å². The molecule has 3 heteroatoms. The van der Waals surface area contributed by atoms with Crippen LogP contribution in [0.15, 0.2) is 18.3 Å². The van der Waals surface area contributed by atoms with Crippen LogP contribution in [0, 0.1) is 5.41 Å².